The van der Waals surface area contributed by atoms with Crippen LogP contribution in [0, 0.1) is 5.92 Å². The minimum Gasteiger partial charge on any atom is -0.328 e. The summed E-state index contributed by atoms with van der Waals surface area (Å²) in [6.45, 7) is 0. The molecule has 12 heavy (non-hydrogen) atoms. The monoisotopic (exact) mass is 167 g/mol. The lowest BCUT2D eigenvalue weighted by molar-refractivity contribution is 0.234. The summed E-state index contributed by atoms with van der Waals surface area (Å²) < 4.78 is 0. The molecular formula is C9H17N3. The molecule has 1 saturated carbocycles. The Labute approximate surface area is 73.6 Å². The standard InChI is InChI=1S/C9H17N3/c1-12-9-4-2-3-8(10)5-7(9)6-11-12/h6-9H,2-5,10H2,1H3. The van der Waals surface area contributed by atoms with Crippen molar-refractivity contribution in [3.8, 4) is 0 Å². The van der Waals surface area contributed by atoms with Gasteiger partial charge in [0.25, 0.3) is 0 Å². The molecule has 0 spiro atoms. The van der Waals surface area contributed by atoms with E-state index in [1.54, 1.807) is 0 Å². The van der Waals surface area contributed by atoms with Crippen LogP contribution < -0.4 is 5.73 Å². The van der Waals surface area contributed by atoms with E-state index in [-0.39, 0.29) is 0 Å². The molecule has 0 aromatic carbocycles. The van der Waals surface area contributed by atoms with Gasteiger partial charge in [-0.1, -0.05) is 0 Å². The zero-order valence-corrected chi connectivity index (χ0v) is 7.61. The molecule has 68 valence electrons. The van der Waals surface area contributed by atoms with Crippen molar-refractivity contribution in [2.24, 2.45) is 16.8 Å². The highest BCUT2D eigenvalue weighted by Gasteiger charge is 2.31. The number of fused-ring (bicyclic) bond motifs is 1. The van der Waals surface area contributed by atoms with Crippen molar-refractivity contribution in [1.29, 1.82) is 0 Å². The first-order valence-corrected chi connectivity index (χ1v) is 4.80. The maximum atomic E-state index is 5.96. The summed E-state index contributed by atoms with van der Waals surface area (Å²) in [4.78, 5) is 0. The van der Waals surface area contributed by atoms with Gasteiger partial charge in [0, 0.05) is 25.2 Å². The molecule has 0 radical (unpaired) electrons. The first kappa shape index (κ1) is 8.05. The highest BCUT2D eigenvalue weighted by Crippen LogP contribution is 2.28. The summed E-state index contributed by atoms with van der Waals surface area (Å²) in [5, 5.41) is 6.41. The molecule has 0 aromatic rings. The molecule has 1 heterocycles. The van der Waals surface area contributed by atoms with E-state index in [1.807, 2.05) is 0 Å². The molecule has 2 N–H and O–H groups in total. The maximum absolute atomic E-state index is 5.96. The molecule has 1 aliphatic carbocycles. The lowest BCUT2D eigenvalue weighted by atomic mass is 9.96. The maximum Gasteiger partial charge on any atom is 0.0546 e. The van der Waals surface area contributed by atoms with Crippen LogP contribution >= 0.6 is 0 Å². The van der Waals surface area contributed by atoms with Gasteiger partial charge in [0.2, 0.25) is 0 Å². The molecule has 3 atom stereocenters. The number of hydrogen-bond acceptors (Lipinski definition) is 3. The van der Waals surface area contributed by atoms with Crippen LogP contribution in [0.25, 0.3) is 0 Å². The van der Waals surface area contributed by atoms with Crippen LogP contribution in [-0.2, 0) is 0 Å². The Morgan fingerprint density at radius 2 is 2.33 bits per heavy atom. The van der Waals surface area contributed by atoms with Crippen molar-refractivity contribution in [3.05, 3.63) is 0 Å². The topological polar surface area (TPSA) is 41.6 Å². The summed E-state index contributed by atoms with van der Waals surface area (Å²) in [5.74, 6) is 0.618. The quantitative estimate of drug-likeness (QED) is 0.580. The van der Waals surface area contributed by atoms with Crippen molar-refractivity contribution < 1.29 is 0 Å². The van der Waals surface area contributed by atoms with Crippen LogP contribution in [0.5, 0.6) is 0 Å². The molecule has 0 aromatic heterocycles. The van der Waals surface area contributed by atoms with Crippen molar-refractivity contribution in [2.45, 2.75) is 37.8 Å². The number of nitrogens with zero attached hydrogens (tertiary/aromatic N) is 2. The Kier molecular flexibility index (Phi) is 2.05. The number of nitrogens with two attached hydrogens (primary N) is 1. The van der Waals surface area contributed by atoms with Gasteiger partial charge in [-0.25, -0.2) is 0 Å². The van der Waals surface area contributed by atoms with Gasteiger partial charge in [0.15, 0.2) is 0 Å². The molecular weight excluding hydrogens is 150 g/mol. The lowest BCUT2D eigenvalue weighted by Crippen LogP contribution is -2.30. The first-order chi connectivity index (χ1) is 5.77. The van der Waals surface area contributed by atoms with Crippen LogP contribution in [0.4, 0.5) is 0 Å². The van der Waals surface area contributed by atoms with Gasteiger partial charge >= 0.3 is 0 Å². The van der Waals surface area contributed by atoms with E-state index in [0.29, 0.717) is 18.0 Å². The highest BCUT2D eigenvalue weighted by molar-refractivity contribution is 5.63. The molecule has 1 fully saturated rings. The Bertz CT molecular complexity index is 190. The molecule has 3 nitrogen and oxygen atoms in total. The molecule has 0 amide bonds. The van der Waals surface area contributed by atoms with E-state index in [4.69, 9.17) is 5.73 Å². The van der Waals surface area contributed by atoms with Gasteiger partial charge in [0.05, 0.1) is 6.04 Å². The zero-order valence-electron chi connectivity index (χ0n) is 7.61. The van der Waals surface area contributed by atoms with Crippen molar-refractivity contribution >= 4 is 6.21 Å². The van der Waals surface area contributed by atoms with Gasteiger partial charge < -0.3 is 5.73 Å². The van der Waals surface area contributed by atoms with Gasteiger partial charge in [-0.3, -0.25) is 5.01 Å². The average molecular weight is 167 g/mol. The van der Waals surface area contributed by atoms with Gasteiger partial charge in [-0.2, -0.15) is 5.10 Å². The van der Waals surface area contributed by atoms with Crippen molar-refractivity contribution in [1.82, 2.24) is 5.01 Å². The lowest BCUT2D eigenvalue weighted by Gasteiger charge is -2.22. The second-order valence-electron chi connectivity index (χ2n) is 4.00. The molecule has 3 heteroatoms. The number of hydrazone groups is 1. The minimum absolute atomic E-state index is 0.401. The third-order valence-corrected chi connectivity index (χ3v) is 3.06. The molecule has 2 aliphatic rings. The van der Waals surface area contributed by atoms with E-state index in [9.17, 15) is 0 Å². The zero-order chi connectivity index (χ0) is 8.55. The summed E-state index contributed by atoms with van der Waals surface area (Å²) in [7, 11) is 2.07. The average Bonchev–Trinajstić information content (AvgIpc) is 2.31. The van der Waals surface area contributed by atoms with E-state index in [2.05, 4.69) is 23.4 Å². The van der Waals surface area contributed by atoms with Gasteiger partial charge in [-0.05, 0) is 25.7 Å². The third-order valence-electron chi connectivity index (χ3n) is 3.06. The summed E-state index contributed by atoms with van der Waals surface area (Å²) in [6.07, 6.45) is 6.91. The largest absolute Gasteiger partial charge is 0.328 e. The van der Waals surface area contributed by atoms with Crippen molar-refractivity contribution in [2.75, 3.05) is 7.05 Å². The fourth-order valence-electron chi connectivity index (χ4n) is 2.33. The molecule has 0 saturated heterocycles. The van der Waals surface area contributed by atoms with Crippen molar-refractivity contribution in [3.63, 3.8) is 0 Å². The van der Waals surface area contributed by atoms with Crippen LogP contribution in [0.3, 0.4) is 0 Å². The van der Waals surface area contributed by atoms with Gasteiger partial charge in [-0.15, -0.1) is 0 Å². The molecule has 0 bridgehead atoms. The second kappa shape index (κ2) is 3.05. The van der Waals surface area contributed by atoms with E-state index >= 15 is 0 Å². The summed E-state index contributed by atoms with van der Waals surface area (Å²) in [6, 6.07) is 1.04. The SMILES string of the molecule is CN1N=CC2CC(N)CCCC21. The predicted molar refractivity (Wildman–Crippen MR) is 50.0 cm³/mol. The number of hydrogen-bond donors (Lipinski definition) is 1. The van der Waals surface area contributed by atoms with Gasteiger partial charge in [0.1, 0.15) is 0 Å². The summed E-state index contributed by atoms with van der Waals surface area (Å²) >= 11 is 0. The minimum atomic E-state index is 0.401. The highest BCUT2D eigenvalue weighted by atomic mass is 15.5. The van der Waals surface area contributed by atoms with E-state index in [1.165, 1.54) is 19.3 Å². The van der Waals surface area contributed by atoms with Crippen LogP contribution in [0.2, 0.25) is 0 Å². The normalized spacial score (nSPS) is 41.2. The summed E-state index contributed by atoms with van der Waals surface area (Å²) in [5.41, 5.74) is 5.96. The smallest absolute Gasteiger partial charge is 0.0546 e. The molecule has 1 aliphatic heterocycles. The van der Waals surface area contributed by atoms with Crippen LogP contribution in [-0.4, -0.2) is 30.4 Å². The van der Waals surface area contributed by atoms with Crippen LogP contribution in [0.1, 0.15) is 25.7 Å². The fraction of sp³-hybridized carbons (Fsp3) is 0.889. The Balaban J connectivity index is 2.06. The fourth-order valence-corrected chi connectivity index (χ4v) is 2.33. The van der Waals surface area contributed by atoms with E-state index in [0.717, 1.165) is 6.42 Å². The Morgan fingerprint density at radius 3 is 3.17 bits per heavy atom. The Morgan fingerprint density at radius 1 is 1.50 bits per heavy atom. The van der Waals surface area contributed by atoms with Crippen LogP contribution in [0.15, 0.2) is 5.10 Å². The first-order valence-electron chi connectivity index (χ1n) is 4.80. The predicted octanol–water partition coefficient (Wildman–Crippen LogP) is 0.804. The van der Waals surface area contributed by atoms with E-state index < -0.39 is 0 Å². The Hall–Kier alpha value is -0.570. The second-order valence-corrected chi connectivity index (χ2v) is 4.00. The third kappa shape index (κ3) is 1.33. The molecule has 2 rings (SSSR count). The number of rotatable bonds is 0. The molecule has 3 unspecified atom stereocenters.